The highest BCUT2D eigenvalue weighted by atomic mass is 16.6. The Hall–Kier alpha value is -3.44. The molecule has 0 aliphatic carbocycles. The first-order valence-electron chi connectivity index (χ1n) is 32.4. The van der Waals surface area contributed by atoms with Gasteiger partial charge in [-0.15, -0.1) is 0 Å². The molecule has 0 aliphatic heterocycles. The van der Waals surface area contributed by atoms with Crippen molar-refractivity contribution < 1.29 is 24.2 Å². The highest BCUT2D eigenvalue weighted by molar-refractivity contribution is 5.70. The molecule has 0 aromatic carbocycles. The molecule has 76 heavy (non-hydrogen) atoms. The lowest BCUT2D eigenvalue weighted by Gasteiger charge is -2.15. The molecule has 0 aromatic heterocycles. The van der Waals surface area contributed by atoms with Crippen LogP contribution in [0.2, 0.25) is 0 Å². The first-order valence-corrected chi connectivity index (χ1v) is 32.4. The smallest absolute Gasteiger partial charge is 0.306 e. The highest BCUT2D eigenvalue weighted by Crippen LogP contribution is 2.17. The second-order valence-corrected chi connectivity index (χ2v) is 21.5. The van der Waals surface area contributed by atoms with Crippen LogP contribution in [0.5, 0.6) is 0 Å². The van der Waals surface area contributed by atoms with E-state index in [1.165, 1.54) is 193 Å². The molecule has 5 nitrogen and oxygen atoms in total. The lowest BCUT2D eigenvalue weighted by Crippen LogP contribution is -2.28. The number of hydrogen-bond donors (Lipinski definition) is 1. The number of hydrogen-bond acceptors (Lipinski definition) is 5. The molecule has 0 saturated carbocycles. The van der Waals surface area contributed by atoms with Crippen molar-refractivity contribution in [2.24, 2.45) is 0 Å². The fourth-order valence-electron chi connectivity index (χ4n) is 9.22. The summed E-state index contributed by atoms with van der Waals surface area (Å²) in [5.74, 6) is -0.588. The minimum atomic E-state index is -0.780. The number of carbonyl (C=O) groups is 2. The Morgan fingerprint density at radius 1 is 0.316 bits per heavy atom. The van der Waals surface area contributed by atoms with E-state index in [0.717, 1.165) is 89.9 Å². The van der Waals surface area contributed by atoms with Gasteiger partial charge in [0.25, 0.3) is 0 Å². The number of ether oxygens (including phenoxy) is 2. The van der Waals surface area contributed by atoms with Gasteiger partial charge in [-0.3, -0.25) is 9.59 Å². The van der Waals surface area contributed by atoms with Gasteiger partial charge in [0.05, 0.1) is 6.61 Å². The van der Waals surface area contributed by atoms with Gasteiger partial charge in [0.1, 0.15) is 6.61 Å². The third-order valence-electron chi connectivity index (χ3n) is 14.1. The molecule has 5 heteroatoms. The van der Waals surface area contributed by atoms with Crippen LogP contribution in [0, 0.1) is 0 Å². The van der Waals surface area contributed by atoms with Gasteiger partial charge in [-0.05, 0) is 103 Å². The monoisotopic (exact) mass is 1050 g/mol. The van der Waals surface area contributed by atoms with Crippen molar-refractivity contribution >= 4 is 11.9 Å². The highest BCUT2D eigenvalue weighted by Gasteiger charge is 2.16. The molecule has 1 N–H and O–H groups in total. The van der Waals surface area contributed by atoms with Crippen LogP contribution >= 0.6 is 0 Å². The van der Waals surface area contributed by atoms with Crippen molar-refractivity contribution in [1.82, 2.24) is 0 Å². The van der Waals surface area contributed by atoms with E-state index in [9.17, 15) is 14.7 Å². The Morgan fingerprint density at radius 3 is 0.855 bits per heavy atom. The molecule has 0 saturated heterocycles. The zero-order chi connectivity index (χ0) is 54.8. The van der Waals surface area contributed by atoms with Gasteiger partial charge in [-0.2, -0.15) is 0 Å². The standard InChI is InChI=1S/C71H122O5/c1-3-5-7-9-11-13-15-17-19-21-23-25-27-29-31-33-34-35-36-38-40-42-44-46-48-50-52-54-56-58-60-62-64-66-71(74)76-69(67-72)68-75-70(73)65-63-61-59-57-55-53-51-49-47-45-43-41-39-37-32-30-28-26-24-22-20-18-16-14-12-10-8-6-4-2/h5,7,11,13,16-19,22-25,29,31,34-35,38,40,69,72H,3-4,6,8-10,12,14-15,20-21,26-28,30,32-33,36-37,39,41-68H2,1-2H3/b7-5-,13-11-,18-16-,19-17-,24-22-,25-23-,31-29-,35-34-,40-38-. The number of carbonyl (C=O) groups excluding carboxylic acids is 2. The number of rotatable bonds is 59. The van der Waals surface area contributed by atoms with Crippen molar-refractivity contribution in [2.75, 3.05) is 13.2 Å². The molecule has 0 spiro atoms. The summed E-state index contributed by atoms with van der Waals surface area (Å²) in [6, 6.07) is 0. The first kappa shape index (κ1) is 72.6. The molecule has 0 bridgehead atoms. The predicted molar refractivity (Wildman–Crippen MR) is 334 cm³/mol. The summed E-state index contributed by atoms with van der Waals surface area (Å²) in [6.45, 7) is 4.04. The zero-order valence-corrected chi connectivity index (χ0v) is 50.0. The maximum Gasteiger partial charge on any atom is 0.306 e. The molecule has 0 aromatic rings. The van der Waals surface area contributed by atoms with E-state index in [1.54, 1.807) is 0 Å². The van der Waals surface area contributed by atoms with E-state index in [2.05, 4.69) is 123 Å². The summed E-state index contributed by atoms with van der Waals surface area (Å²) in [6.07, 6.45) is 95.2. The molecule has 1 atom stereocenters. The minimum Gasteiger partial charge on any atom is -0.462 e. The molecular formula is C71H122O5. The number of allylic oxidation sites excluding steroid dienone is 18. The molecule has 1 unspecified atom stereocenters. The molecule has 436 valence electrons. The van der Waals surface area contributed by atoms with E-state index >= 15 is 0 Å². The third-order valence-corrected chi connectivity index (χ3v) is 14.1. The van der Waals surface area contributed by atoms with E-state index < -0.39 is 6.10 Å². The van der Waals surface area contributed by atoms with Crippen LogP contribution in [0.25, 0.3) is 0 Å². The average Bonchev–Trinajstić information content (AvgIpc) is 3.42. The fourth-order valence-corrected chi connectivity index (χ4v) is 9.22. The van der Waals surface area contributed by atoms with Gasteiger partial charge in [0, 0.05) is 12.8 Å². The quantitative estimate of drug-likeness (QED) is 0.0373. The van der Waals surface area contributed by atoms with Gasteiger partial charge in [-0.1, -0.05) is 303 Å². The number of esters is 2. The largest absolute Gasteiger partial charge is 0.462 e. The molecule has 0 radical (unpaired) electrons. The minimum absolute atomic E-state index is 0.0693. The van der Waals surface area contributed by atoms with E-state index in [1.807, 2.05) is 0 Å². The van der Waals surface area contributed by atoms with Crippen LogP contribution in [0.3, 0.4) is 0 Å². The normalized spacial score (nSPS) is 12.9. The molecule has 0 rings (SSSR count). The zero-order valence-electron chi connectivity index (χ0n) is 50.0. The summed E-state index contributed by atoms with van der Waals surface area (Å²) in [5, 5.41) is 9.69. The molecule has 0 aliphatic rings. The van der Waals surface area contributed by atoms with Crippen LogP contribution in [-0.4, -0.2) is 36.4 Å². The number of unbranched alkanes of at least 4 members (excludes halogenated alkanes) is 33. The fraction of sp³-hybridized carbons (Fsp3) is 0.718. The lowest BCUT2D eigenvalue weighted by molar-refractivity contribution is -0.161. The van der Waals surface area contributed by atoms with Crippen molar-refractivity contribution in [3.05, 3.63) is 109 Å². The maximum absolute atomic E-state index is 12.3. The Balaban J connectivity index is 3.50. The van der Waals surface area contributed by atoms with Gasteiger partial charge in [-0.25, -0.2) is 0 Å². The number of aliphatic hydroxyl groups excluding tert-OH is 1. The number of aliphatic hydroxyl groups is 1. The summed E-state index contributed by atoms with van der Waals surface area (Å²) >= 11 is 0. The first-order chi connectivity index (χ1) is 37.6. The lowest BCUT2D eigenvalue weighted by atomic mass is 10.0. The van der Waals surface area contributed by atoms with Gasteiger partial charge in [0.15, 0.2) is 6.10 Å². The molecule has 0 amide bonds. The van der Waals surface area contributed by atoms with Gasteiger partial charge >= 0.3 is 11.9 Å². The Morgan fingerprint density at radius 2 is 0.566 bits per heavy atom. The second-order valence-electron chi connectivity index (χ2n) is 21.5. The Labute approximate surface area is 471 Å². The second kappa shape index (κ2) is 65.8. The van der Waals surface area contributed by atoms with Gasteiger partial charge in [0.2, 0.25) is 0 Å². The van der Waals surface area contributed by atoms with Crippen molar-refractivity contribution in [3.8, 4) is 0 Å². The van der Waals surface area contributed by atoms with Crippen molar-refractivity contribution in [1.29, 1.82) is 0 Å². The summed E-state index contributed by atoms with van der Waals surface area (Å²) in [7, 11) is 0. The molecular weight excluding hydrogens is 933 g/mol. The van der Waals surface area contributed by atoms with Crippen LogP contribution in [-0.2, 0) is 19.1 Å². The van der Waals surface area contributed by atoms with Crippen molar-refractivity contribution in [2.45, 2.75) is 315 Å². The van der Waals surface area contributed by atoms with E-state index in [0.29, 0.717) is 12.8 Å². The van der Waals surface area contributed by atoms with E-state index in [-0.39, 0.29) is 25.2 Å². The van der Waals surface area contributed by atoms with Crippen LogP contribution in [0.15, 0.2) is 109 Å². The summed E-state index contributed by atoms with van der Waals surface area (Å²) in [4.78, 5) is 24.6. The Bertz CT molecular complexity index is 1470. The third kappa shape index (κ3) is 63.1. The maximum atomic E-state index is 12.3. The average molecular weight is 1060 g/mol. The van der Waals surface area contributed by atoms with Crippen LogP contribution in [0.4, 0.5) is 0 Å². The van der Waals surface area contributed by atoms with Crippen LogP contribution in [0.1, 0.15) is 309 Å². The predicted octanol–water partition coefficient (Wildman–Crippen LogP) is 22.4. The Kier molecular flexibility index (Phi) is 62.9. The van der Waals surface area contributed by atoms with E-state index in [4.69, 9.17) is 9.47 Å². The summed E-state index contributed by atoms with van der Waals surface area (Å²) in [5.41, 5.74) is 0. The summed E-state index contributed by atoms with van der Waals surface area (Å²) < 4.78 is 10.7. The van der Waals surface area contributed by atoms with Crippen LogP contribution < -0.4 is 0 Å². The molecule has 0 heterocycles. The SMILES string of the molecule is CC/C=C\C/C=C\C/C=C\C/C=C\C/C=C\C/C=C\C/C=C\CCCCCCCCCCCCCC(=O)OC(CO)COC(=O)CCCCCCCCCCCCCCCCCCC/C=C\C/C=C\CCCCCCC. The topological polar surface area (TPSA) is 72.8 Å². The van der Waals surface area contributed by atoms with Gasteiger partial charge < -0.3 is 14.6 Å². The molecule has 0 fully saturated rings. The van der Waals surface area contributed by atoms with Crippen molar-refractivity contribution in [3.63, 3.8) is 0 Å².